The number of hydrogen-bond acceptors (Lipinski definition) is 5. The first-order valence-corrected chi connectivity index (χ1v) is 7.75. The fourth-order valence-electron chi connectivity index (χ4n) is 1.90. The van der Waals surface area contributed by atoms with Crippen molar-refractivity contribution in [3.8, 4) is 0 Å². The van der Waals surface area contributed by atoms with E-state index in [1.807, 2.05) is 25.1 Å². The van der Waals surface area contributed by atoms with Gasteiger partial charge in [0, 0.05) is 13.0 Å². The summed E-state index contributed by atoms with van der Waals surface area (Å²) in [6.07, 6.45) is 0.809. The van der Waals surface area contributed by atoms with Gasteiger partial charge in [0.05, 0.1) is 0 Å². The fourth-order valence-corrected chi connectivity index (χ4v) is 2.78. The number of rotatable bonds is 7. The van der Waals surface area contributed by atoms with Crippen LogP contribution in [-0.2, 0) is 16.0 Å². The average molecular weight is 305 g/mol. The summed E-state index contributed by atoms with van der Waals surface area (Å²) in [5.74, 6) is 0.168. The first-order valence-electron chi connectivity index (χ1n) is 6.94. The van der Waals surface area contributed by atoms with E-state index in [4.69, 9.17) is 4.74 Å². The van der Waals surface area contributed by atoms with Crippen LogP contribution in [0.25, 0.3) is 0 Å². The molecule has 1 aromatic carbocycles. The summed E-state index contributed by atoms with van der Waals surface area (Å²) in [5, 5.41) is 12.2. The van der Waals surface area contributed by atoms with Gasteiger partial charge in [0.25, 0.3) is 5.91 Å². The molecule has 1 atom stereocenters. The van der Waals surface area contributed by atoms with E-state index in [2.05, 4.69) is 34.6 Å². The molecule has 6 heteroatoms. The van der Waals surface area contributed by atoms with Gasteiger partial charge in [0.1, 0.15) is 11.6 Å². The third-order valence-corrected chi connectivity index (χ3v) is 3.86. The van der Waals surface area contributed by atoms with E-state index in [0.29, 0.717) is 17.7 Å². The van der Waals surface area contributed by atoms with Gasteiger partial charge < -0.3 is 4.74 Å². The lowest BCUT2D eigenvalue weighted by Crippen LogP contribution is -2.17. The number of anilines is 1. The van der Waals surface area contributed by atoms with Crippen LogP contribution in [0.5, 0.6) is 0 Å². The van der Waals surface area contributed by atoms with Gasteiger partial charge >= 0.3 is 0 Å². The second-order valence-electron chi connectivity index (χ2n) is 4.70. The largest absolute Gasteiger partial charge is 0.372 e. The topological polar surface area (TPSA) is 64.1 Å². The highest BCUT2D eigenvalue weighted by Gasteiger charge is 2.12. The maximum atomic E-state index is 11.5. The molecule has 2 rings (SSSR count). The molecule has 0 aliphatic heterocycles. The first-order chi connectivity index (χ1) is 10.2. The minimum atomic E-state index is -0.198. The molecule has 0 aliphatic rings. The normalized spacial score (nSPS) is 12.1. The minimum Gasteiger partial charge on any atom is -0.372 e. The SMILES string of the molecule is CCOCC(=O)Nc1nnc(C[C@@H](C)c2ccccc2)s1. The van der Waals surface area contributed by atoms with Gasteiger partial charge in [-0.15, -0.1) is 10.2 Å². The Bertz CT molecular complexity index is 571. The fraction of sp³-hybridized carbons (Fsp3) is 0.400. The van der Waals surface area contributed by atoms with Gasteiger partial charge in [0.2, 0.25) is 5.13 Å². The number of aromatic nitrogens is 2. The summed E-state index contributed by atoms with van der Waals surface area (Å²) < 4.78 is 5.04. The van der Waals surface area contributed by atoms with Crippen LogP contribution in [0, 0.1) is 0 Å². The molecule has 0 spiro atoms. The van der Waals surface area contributed by atoms with Gasteiger partial charge in [-0.2, -0.15) is 0 Å². The van der Waals surface area contributed by atoms with Crippen molar-refractivity contribution in [3.05, 3.63) is 40.9 Å². The Morgan fingerprint density at radius 3 is 2.81 bits per heavy atom. The molecule has 0 saturated heterocycles. The van der Waals surface area contributed by atoms with Crippen LogP contribution in [0.1, 0.15) is 30.3 Å². The highest BCUT2D eigenvalue weighted by atomic mass is 32.1. The quantitative estimate of drug-likeness (QED) is 0.854. The van der Waals surface area contributed by atoms with Crippen LogP contribution in [0.15, 0.2) is 30.3 Å². The lowest BCUT2D eigenvalue weighted by atomic mass is 9.98. The Balaban J connectivity index is 1.89. The average Bonchev–Trinajstić information content (AvgIpc) is 2.93. The van der Waals surface area contributed by atoms with Crippen molar-refractivity contribution in [1.82, 2.24) is 10.2 Å². The molecule has 0 fully saturated rings. The number of benzene rings is 1. The van der Waals surface area contributed by atoms with Crippen LogP contribution in [0.4, 0.5) is 5.13 Å². The lowest BCUT2D eigenvalue weighted by molar-refractivity contribution is -0.120. The van der Waals surface area contributed by atoms with Crippen LogP contribution < -0.4 is 5.32 Å². The highest BCUT2D eigenvalue weighted by Crippen LogP contribution is 2.23. The zero-order chi connectivity index (χ0) is 15.1. The number of carbonyl (C=O) groups is 1. The molecule has 1 heterocycles. The zero-order valence-corrected chi connectivity index (χ0v) is 13.0. The van der Waals surface area contributed by atoms with Crippen molar-refractivity contribution in [2.75, 3.05) is 18.5 Å². The van der Waals surface area contributed by atoms with E-state index in [-0.39, 0.29) is 12.5 Å². The van der Waals surface area contributed by atoms with Crippen molar-refractivity contribution in [2.45, 2.75) is 26.2 Å². The minimum absolute atomic E-state index is 0.0475. The van der Waals surface area contributed by atoms with Gasteiger partial charge in [-0.25, -0.2) is 0 Å². The second kappa shape index (κ2) is 7.85. The Labute approximate surface area is 128 Å². The molecule has 112 valence electrons. The summed E-state index contributed by atoms with van der Waals surface area (Å²) in [5.41, 5.74) is 1.27. The Morgan fingerprint density at radius 2 is 2.10 bits per heavy atom. The summed E-state index contributed by atoms with van der Waals surface area (Å²) in [4.78, 5) is 11.5. The summed E-state index contributed by atoms with van der Waals surface area (Å²) in [6, 6.07) is 10.3. The van der Waals surface area contributed by atoms with E-state index in [1.54, 1.807) is 0 Å². The van der Waals surface area contributed by atoms with Crippen molar-refractivity contribution in [2.24, 2.45) is 0 Å². The van der Waals surface area contributed by atoms with Crippen molar-refractivity contribution in [1.29, 1.82) is 0 Å². The molecule has 2 aromatic rings. The van der Waals surface area contributed by atoms with Gasteiger partial charge in [-0.05, 0) is 18.4 Å². The Morgan fingerprint density at radius 1 is 1.33 bits per heavy atom. The third kappa shape index (κ3) is 4.91. The monoisotopic (exact) mass is 305 g/mol. The number of hydrogen-bond donors (Lipinski definition) is 1. The molecular formula is C15H19N3O2S. The van der Waals surface area contributed by atoms with E-state index < -0.39 is 0 Å². The third-order valence-electron chi connectivity index (χ3n) is 3.00. The number of nitrogens with zero attached hydrogens (tertiary/aromatic N) is 2. The van der Waals surface area contributed by atoms with Crippen LogP contribution in [0.2, 0.25) is 0 Å². The van der Waals surface area contributed by atoms with Gasteiger partial charge in [-0.1, -0.05) is 48.6 Å². The molecule has 1 aromatic heterocycles. The summed E-state index contributed by atoms with van der Waals surface area (Å²) in [6.45, 7) is 4.57. The molecular weight excluding hydrogens is 286 g/mol. The van der Waals surface area contributed by atoms with Crippen LogP contribution in [-0.4, -0.2) is 29.3 Å². The van der Waals surface area contributed by atoms with Crippen molar-refractivity contribution in [3.63, 3.8) is 0 Å². The molecule has 0 radical (unpaired) electrons. The Hall–Kier alpha value is -1.79. The number of ether oxygens (including phenoxy) is 1. The van der Waals surface area contributed by atoms with E-state index in [0.717, 1.165) is 11.4 Å². The molecule has 21 heavy (non-hydrogen) atoms. The smallest absolute Gasteiger partial charge is 0.252 e. The van der Waals surface area contributed by atoms with E-state index >= 15 is 0 Å². The molecule has 0 unspecified atom stereocenters. The second-order valence-corrected chi connectivity index (χ2v) is 5.76. The standard InChI is InChI=1S/C15H19N3O2S/c1-3-20-10-13(19)16-15-18-17-14(21-15)9-11(2)12-7-5-4-6-8-12/h4-8,11H,3,9-10H2,1-2H3,(H,16,18,19)/t11-/m1/s1. The van der Waals surface area contributed by atoms with Crippen molar-refractivity contribution >= 4 is 22.4 Å². The predicted octanol–water partition coefficient (Wildman–Crippen LogP) is 2.86. The first kappa shape index (κ1) is 15.6. The molecule has 0 bridgehead atoms. The number of amides is 1. The zero-order valence-electron chi connectivity index (χ0n) is 12.2. The van der Waals surface area contributed by atoms with Gasteiger partial charge in [0.15, 0.2) is 0 Å². The summed E-state index contributed by atoms with van der Waals surface area (Å²) in [7, 11) is 0. The summed E-state index contributed by atoms with van der Waals surface area (Å²) >= 11 is 1.41. The molecule has 1 amide bonds. The lowest BCUT2D eigenvalue weighted by Gasteiger charge is -2.08. The van der Waals surface area contributed by atoms with E-state index in [9.17, 15) is 4.79 Å². The van der Waals surface area contributed by atoms with Crippen LogP contribution >= 0.6 is 11.3 Å². The number of nitrogens with one attached hydrogen (secondary N) is 1. The predicted molar refractivity (Wildman–Crippen MR) is 83.6 cm³/mol. The maximum Gasteiger partial charge on any atom is 0.252 e. The highest BCUT2D eigenvalue weighted by molar-refractivity contribution is 7.15. The maximum absolute atomic E-state index is 11.5. The van der Waals surface area contributed by atoms with Crippen molar-refractivity contribution < 1.29 is 9.53 Å². The van der Waals surface area contributed by atoms with Crippen LogP contribution in [0.3, 0.4) is 0 Å². The molecule has 0 saturated carbocycles. The molecule has 0 aliphatic carbocycles. The molecule has 5 nitrogen and oxygen atoms in total. The number of carbonyl (C=O) groups excluding carboxylic acids is 1. The van der Waals surface area contributed by atoms with E-state index in [1.165, 1.54) is 16.9 Å². The molecule has 1 N–H and O–H groups in total. The Kier molecular flexibility index (Phi) is 5.83. The van der Waals surface area contributed by atoms with Gasteiger partial charge in [-0.3, -0.25) is 10.1 Å².